The van der Waals surface area contributed by atoms with Crippen LogP contribution in [0.2, 0.25) is 0 Å². The van der Waals surface area contributed by atoms with E-state index in [0.29, 0.717) is 12.2 Å². The lowest BCUT2D eigenvalue weighted by Crippen LogP contribution is -2.15. The fourth-order valence-electron chi connectivity index (χ4n) is 2.00. The molecule has 0 fully saturated rings. The second-order valence-electron chi connectivity index (χ2n) is 7.13. The van der Waals surface area contributed by atoms with Gasteiger partial charge in [-0.3, -0.25) is 0 Å². The summed E-state index contributed by atoms with van der Waals surface area (Å²) >= 11 is 0. The second-order valence-corrected chi connectivity index (χ2v) is 7.13. The minimum atomic E-state index is -1.12. The summed E-state index contributed by atoms with van der Waals surface area (Å²) in [6.45, 7) is 18.2. The third-order valence-corrected chi connectivity index (χ3v) is 3.99. The van der Waals surface area contributed by atoms with Gasteiger partial charge in [0.05, 0.1) is 19.3 Å². The molecule has 0 spiro atoms. The SMILES string of the molecule is C=C(C)C(=O)OC.C=C(C=CC(=O)O)C(=O)OCCCC.C=CC(=O)OC(CC)CCCCC. The van der Waals surface area contributed by atoms with Crippen molar-refractivity contribution in [3.8, 4) is 0 Å². The molecule has 0 saturated heterocycles. The van der Waals surface area contributed by atoms with Crippen molar-refractivity contribution in [1.29, 1.82) is 0 Å². The third kappa shape index (κ3) is 25.1. The van der Waals surface area contributed by atoms with Gasteiger partial charge in [-0.05, 0) is 38.7 Å². The van der Waals surface area contributed by atoms with Gasteiger partial charge in [0.1, 0.15) is 6.10 Å². The molecule has 194 valence electrons. The molecular formula is C26H42O8. The van der Waals surface area contributed by atoms with Crippen molar-refractivity contribution in [3.05, 3.63) is 49.1 Å². The van der Waals surface area contributed by atoms with E-state index in [0.717, 1.165) is 44.3 Å². The predicted molar refractivity (Wildman–Crippen MR) is 133 cm³/mol. The highest BCUT2D eigenvalue weighted by Crippen LogP contribution is 2.10. The highest BCUT2D eigenvalue weighted by atomic mass is 16.5. The largest absolute Gasteiger partial charge is 0.478 e. The van der Waals surface area contributed by atoms with Crippen molar-refractivity contribution in [1.82, 2.24) is 0 Å². The number of methoxy groups -OCH3 is 1. The molecule has 0 radical (unpaired) electrons. The number of carbonyl (C=O) groups excluding carboxylic acids is 3. The summed E-state index contributed by atoms with van der Waals surface area (Å²) in [4.78, 5) is 42.2. The number of carbonyl (C=O) groups is 4. The molecule has 0 aromatic rings. The third-order valence-electron chi connectivity index (χ3n) is 3.99. The predicted octanol–water partition coefficient (Wildman–Crippen LogP) is 5.34. The second kappa shape index (κ2) is 24.5. The monoisotopic (exact) mass is 482 g/mol. The molecule has 1 atom stereocenters. The van der Waals surface area contributed by atoms with Crippen LogP contribution in [0.4, 0.5) is 0 Å². The van der Waals surface area contributed by atoms with Crippen LogP contribution in [0.5, 0.6) is 0 Å². The van der Waals surface area contributed by atoms with Gasteiger partial charge in [0.2, 0.25) is 0 Å². The van der Waals surface area contributed by atoms with E-state index in [1.54, 1.807) is 6.92 Å². The average molecular weight is 483 g/mol. The lowest BCUT2D eigenvalue weighted by molar-refractivity contribution is -0.143. The first kappa shape index (κ1) is 35.4. The maximum atomic E-state index is 11.1. The molecule has 0 aromatic heterocycles. The first-order chi connectivity index (χ1) is 16.0. The summed E-state index contributed by atoms with van der Waals surface area (Å²) in [6, 6.07) is 0. The summed E-state index contributed by atoms with van der Waals surface area (Å²) < 4.78 is 14.2. The summed E-state index contributed by atoms with van der Waals surface area (Å²) in [7, 11) is 1.33. The van der Waals surface area contributed by atoms with Crippen LogP contribution in [0.15, 0.2) is 49.1 Å². The Morgan fingerprint density at radius 1 is 0.941 bits per heavy atom. The fraction of sp³-hybridized carbons (Fsp3) is 0.538. The molecular weight excluding hydrogens is 440 g/mol. The molecule has 1 N–H and O–H groups in total. The molecule has 1 unspecified atom stereocenters. The van der Waals surface area contributed by atoms with E-state index in [1.165, 1.54) is 26.0 Å². The number of aliphatic carboxylic acids is 1. The minimum Gasteiger partial charge on any atom is -0.478 e. The quantitative estimate of drug-likeness (QED) is 0.116. The average Bonchev–Trinajstić information content (AvgIpc) is 2.81. The Labute approximate surface area is 204 Å². The molecule has 8 nitrogen and oxygen atoms in total. The van der Waals surface area contributed by atoms with E-state index in [1.807, 2.05) is 13.8 Å². The topological polar surface area (TPSA) is 116 Å². The van der Waals surface area contributed by atoms with Gasteiger partial charge in [0.15, 0.2) is 0 Å². The molecule has 34 heavy (non-hydrogen) atoms. The van der Waals surface area contributed by atoms with Crippen LogP contribution in [-0.4, -0.2) is 48.8 Å². The van der Waals surface area contributed by atoms with E-state index in [2.05, 4.69) is 31.4 Å². The van der Waals surface area contributed by atoms with Crippen LogP contribution in [0, 0.1) is 0 Å². The van der Waals surface area contributed by atoms with Crippen molar-refractivity contribution in [2.45, 2.75) is 78.7 Å². The molecule has 0 heterocycles. The number of unbranched alkanes of at least 4 members (excludes halogenated alkanes) is 3. The van der Waals surface area contributed by atoms with Crippen molar-refractivity contribution < 1.29 is 38.5 Å². The van der Waals surface area contributed by atoms with Crippen LogP contribution in [-0.2, 0) is 33.4 Å². The van der Waals surface area contributed by atoms with E-state index >= 15 is 0 Å². The maximum absolute atomic E-state index is 11.1. The number of rotatable bonds is 14. The van der Waals surface area contributed by atoms with E-state index in [4.69, 9.17) is 14.6 Å². The summed E-state index contributed by atoms with van der Waals surface area (Å²) in [5.74, 6) is -2.34. The normalized spacial score (nSPS) is 10.4. The zero-order chi connectivity index (χ0) is 26.9. The summed E-state index contributed by atoms with van der Waals surface area (Å²) in [5.41, 5.74) is 0.478. The number of ether oxygens (including phenoxy) is 3. The highest BCUT2D eigenvalue weighted by molar-refractivity contribution is 5.93. The van der Waals surface area contributed by atoms with Crippen molar-refractivity contribution in [2.75, 3.05) is 13.7 Å². The van der Waals surface area contributed by atoms with E-state index in [9.17, 15) is 19.2 Å². The van der Waals surface area contributed by atoms with Crippen LogP contribution in [0.1, 0.15) is 72.6 Å². The Hall–Kier alpha value is -3.16. The van der Waals surface area contributed by atoms with Gasteiger partial charge < -0.3 is 19.3 Å². The van der Waals surface area contributed by atoms with E-state index in [-0.39, 0.29) is 23.6 Å². The zero-order valence-corrected chi connectivity index (χ0v) is 21.4. The Morgan fingerprint density at radius 3 is 1.91 bits per heavy atom. The number of carboxylic acids is 1. The number of esters is 3. The smallest absolute Gasteiger partial charge is 0.337 e. The lowest BCUT2D eigenvalue weighted by Gasteiger charge is -2.14. The Morgan fingerprint density at radius 2 is 1.53 bits per heavy atom. The zero-order valence-electron chi connectivity index (χ0n) is 21.4. The molecule has 0 aliphatic rings. The first-order valence-corrected chi connectivity index (χ1v) is 11.3. The van der Waals surface area contributed by atoms with E-state index < -0.39 is 11.9 Å². The lowest BCUT2D eigenvalue weighted by atomic mass is 10.1. The van der Waals surface area contributed by atoms with Gasteiger partial charge in [-0.15, -0.1) is 0 Å². The standard InChI is InChI=1S/C11H20O2.C10H14O4.C5H8O2/c1-4-7-8-9-10(5-2)13-11(12)6-3;1-3-4-7-14-10(13)8(2)5-6-9(11)12;1-4(2)5(6)7-3/h6,10H,3-5,7-9H2,1-2H3;5-6H,2-4,7H2,1H3,(H,11,12);1H2,2-3H3. The van der Waals surface area contributed by atoms with Crippen LogP contribution in [0.3, 0.4) is 0 Å². The Bertz CT molecular complexity index is 676. The van der Waals surface area contributed by atoms with Crippen molar-refractivity contribution in [2.24, 2.45) is 0 Å². The molecule has 0 rings (SSSR count). The van der Waals surface area contributed by atoms with Gasteiger partial charge in [0.25, 0.3) is 0 Å². The summed E-state index contributed by atoms with van der Waals surface area (Å²) in [5, 5.41) is 8.28. The molecule has 0 aliphatic carbocycles. The first-order valence-electron chi connectivity index (χ1n) is 11.3. The molecule has 0 saturated carbocycles. The molecule has 0 amide bonds. The van der Waals surface area contributed by atoms with Gasteiger partial charge in [-0.2, -0.15) is 0 Å². The number of hydrogen-bond acceptors (Lipinski definition) is 7. The van der Waals surface area contributed by atoms with Crippen molar-refractivity contribution >= 4 is 23.9 Å². The van der Waals surface area contributed by atoms with Gasteiger partial charge in [0, 0.05) is 17.7 Å². The number of carboxylic acid groups (broad SMARTS) is 1. The van der Waals surface area contributed by atoms with Gasteiger partial charge in [-0.25, -0.2) is 19.2 Å². The van der Waals surface area contributed by atoms with Crippen molar-refractivity contribution in [3.63, 3.8) is 0 Å². The molecule has 8 heteroatoms. The molecule has 0 aromatic carbocycles. The Balaban J connectivity index is -0.000000448. The highest BCUT2D eigenvalue weighted by Gasteiger charge is 2.09. The fourth-order valence-corrected chi connectivity index (χ4v) is 2.00. The van der Waals surface area contributed by atoms with Crippen LogP contribution in [0.25, 0.3) is 0 Å². The van der Waals surface area contributed by atoms with Crippen LogP contribution >= 0.6 is 0 Å². The molecule has 0 aliphatic heterocycles. The number of hydrogen-bond donors (Lipinski definition) is 1. The van der Waals surface area contributed by atoms with Crippen LogP contribution < -0.4 is 0 Å². The minimum absolute atomic E-state index is 0.0449. The van der Waals surface area contributed by atoms with Gasteiger partial charge >= 0.3 is 23.9 Å². The summed E-state index contributed by atoms with van der Waals surface area (Å²) in [6.07, 6.45) is 10.4. The molecule has 0 bridgehead atoms. The maximum Gasteiger partial charge on any atom is 0.337 e. The van der Waals surface area contributed by atoms with Gasteiger partial charge in [-0.1, -0.05) is 59.8 Å². The Kier molecular flexibility index (Phi) is 25.5.